The molecule has 0 unspecified atom stereocenters. The lowest BCUT2D eigenvalue weighted by Gasteiger charge is -2.34. The summed E-state index contributed by atoms with van der Waals surface area (Å²) < 4.78 is 5.04. The monoisotopic (exact) mass is 277 g/mol. The van der Waals surface area contributed by atoms with Gasteiger partial charge in [0.15, 0.2) is 5.69 Å². The van der Waals surface area contributed by atoms with Crippen LogP contribution in [0.1, 0.15) is 48.9 Å². The minimum Gasteiger partial charge on any atom is -0.361 e. The fourth-order valence-corrected chi connectivity index (χ4v) is 3.74. The molecule has 1 aromatic rings. The van der Waals surface area contributed by atoms with E-state index in [4.69, 9.17) is 4.52 Å². The van der Waals surface area contributed by atoms with E-state index in [1.54, 1.807) is 6.07 Å². The predicted molar refractivity (Wildman–Crippen MR) is 75.6 cm³/mol. The Bertz CT molecular complexity index is 485. The van der Waals surface area contributed by atoms with E-state index < -0.39 is 0 Å². The fraction of sp³-hybridized carbons (Fsp3) is 0.733. The summed E-state index contributed by atoms with van der Waals surface area (Å²) in [6, 6.07) is 2.62. The maximum absolute atomic E-state index is 12.6. The zero-order valence-electron chi connectivity index (χ0n) is 12.3. The van der Waals surface area contributed by atoms with E-state index in [1.165, 1.54) is 19.4 Å². The number of nitrogens with zero attached hydrogens (tertiary/aromatic N) is 3. The summed E-state index contributed by atoms with van der Waals surface area (Å²) in [5.41, 5.74) is 0.454. The SMILES string of the molecule is CCN1CCC[C@@H]1[C@@H]1CCCN1C(=O)c1cc(C)on1. The van der Waals surface area contributed by atoms with Crippen LogP contribution in [-0.4, -0.2) is 52.6 Å². The van der Waals surface area contributed by atoms with Crippen molar-refractivity contribution in [1.82, 2.24) is 15.0 Å². The van der Waals surface area contributed by atoms with Crippen LogP contribution in [0.25, 0.3) is 0 Å². The molecule has 3 heterocycles. The molecule has 5 nitrogen and oxygen atoms in total. The molecule has 0 N–H and O–H groups in total. The van der Waals surface area contributed by atoms with E-state index in [2.05, 4.69) is 17.0 Å². The molecule has 20 heavy (non-hydrogen) atoms. The zero-order chi connectivity index (χ0) is 14.1. The fourth-order valence-electron chi connectivity index (χ4n) is 3.74. The molecule has 1 aromatic heterocycles. The number of amides is 1. The number of aryl methyl sites for hydroxylation is 1. The van der Waals surface area contributed by atoms with Crippen LogP contribution in [0.3, 0.4) is 0 Å². The Morgan fingerprint density at radius 3 is 2.80 bits per heavy atom. The summed E-state index contributed by atoms with van der Waals surface area (Å²) in [6.07, 6.45) is 4.67. The minimum absolute atomic E-state index is 0.0345. The average molecular weight is 277 g/mol. The lowest BCUT2D eigenvalue weighted by atomic mass is 10.0. The van der Waals surface area contributed by atoms with Gasteiger partial charge in [0, 0.05) is 24.7 Å². The lowest BCUT2D eigenvalue weighted by Crippen LogP contribution is -2.48. The summed E-state index contributed by atoms with van der Waals surface area (Å²) in [6.45, 7) is 7.12. The second-order valence-corrected chi connectivity index (χ2v) is 5.87. The number of hydrogen-bond acceptors (Lipinski definition) is 4. The normalized spacial score (nSPS) is 27.4. The quantitative estimate of drug-likeness (QED) is 0.848. The molecule has 0 radical (unpaired) electrons. The van der Waals surface area contributed by atoms with Gasteiger partial charge < -0.3 is 9.42 Å². The molecule has 0 bridgehead atoms. The first-order chi connectivity index (χ1) is 9.70. The van der Waals surface area contributed by atoms with E-state index in [0.717, 1.165) is 25.9 Å². The van der Waals surface area contributed by atoms with Crippen LogP contribution in [0, 0.1) is 6.92 Å². The molecule has 2 saturated heterocycles. The standard InChI is InChI=1S/C15H23N3O2/c1-3-17-8-4-6-13(17)14-7-5-9-18(14)15(19)12-10-11(2)20-16-12/h10,13-14H,3-9H2,1-2H3/t13-,14+/m1/s1. The topological polar surface area (TPSA) is 49.6 Å². The van der Waals surface area contributed by atoms with Crippen molar-refractivity contribution < 1.29 is 9.32 Å². The van der Waals surface area contributed by atoms with Crippen LogP contribution in [0.5, 0.6) is 0 Å². The average Bonchev–Trinajstić information content (AvgIpc) is 3.16. The molecular weight excluding hydrogens is 254 g/mol. The lowest BCUT2D eigenvalue weighted by molar-refractivity contribution is 0.0640. The third-order valence-electron chi connectivity index (χ3n) is 4.67. The number of aromatic nitrogens is 1. The summed E-state index contributed by atoms with van der Waals surface area (Å²) in [5, 5.41) is 3.88. The molecule has 2 atom stereocenters. The highest BCUT2D eigenvalue weighted by Gasteiger charge is 2.39. The van der Waals surface area contributed by atoms with Crippen LogP contribution in [0.4, 0.5) is 0 Å². The van der Waals surface area contributed by atoms with Crippen LogP contribution < -0.4 is 0 Å². The van der Waals surface area contributed by atoms with Gasteiger partial charge in [0.25, 0.3) is 5.91 Å². The van der Waals surface area contributed by atoms with E-state index in [1.807, 2.05) is 11.8 Å². The second-order valence-electron chi connectivity index (χ2n) is 5.87. The molecule has 1 amide bonds. The molecular formula is C15H23N3O2. The summed E-state index contributed by atoms with van der Waals surface area (Å²) in [4.78, 5) is 17.1. The van der Waals surface area contributed by atoms with Crippen molar-refractivity contribution >= 4 is 5.91 Å². The summed E-state index contributed by atoms with van der Waals surface area (Å²) in [5.74, 6) is 0.729. The van der Waals surface area contributed by atoms with Gasteiger partial charge in [-0.3, -0.25) is 9.69 Å². The molecule has 0 aromatic carbocycles. The van der Waals surface area contributed by atoms with Crippen LogP contribution in [-0.2, 0) is 0 Å². The van der Waals surface area contributed by atoms with Crippen molar-refractivity contribution in [3.63, 3.8) is 0 Å². The Labute approximate surface area is 119 Å². The van der Waals surface area contributed by atoms with Gasteiger partial charge in [-0.25, -0.2) is 0 Å². The summed E-state index contributed by atoms with van der Waals surface area (Å²) >= 11 is 0. The Kier molecular flexibility index (Phi) is 3.78. The van der Waals surface area contributed by atoms with E-state index >= 15 is 0 Å². The third-order valence-corrected chi connectivity index (χ3v) is 4.67. The highest BCUT2D eigenvalue weighted by atomic mass is 16.5. The van der Waals surface area contributed by atoms with Crippen molar-refractivity contribution in [3.05, 3.63) is 17.5 Å². The third kappa shape index (κ3) is 2.35. The van der Waals surface area contributed by atoms with Gasteiger partial charge in [-0.1, -0.05) is 12.1 Å². The van der Waals surface area contributed by atoms with Crippen molar-refractivity contribution in [1.29, 1.82) is 0 Å². The van der Waals surface area contributed by atoms with Crippen molar-refractivity contribution in [2.24, 2.45) is 0 Å². The molecule has 3 rings (SSSR count). The molecule has 5 heteroatoms. The first-order valence-electron chi connectivity index (χ1n) is 7.69. The maximum Gasteiger partial charge on any atom is 0.276 e. The Morgan fingerprint density at radius 2 is 2.10 bits per heavy atom. The van der Waals surface area contributed by atoms with Gasteiger partial charge in [-0.2, -0.15) is 0 Å². The molecule has 0 aliphatic carbocycles. The van der Waals surface area contributed by atoms with E-state index in [-0.39, 0.29) is 5.91 Å². The highest BCUT2D eigenvalue weighted by Crippen LogP contribution is 2.30. The van der Waals surface area contributed by atoms with Crippen molar-refractivity contribution in [3.8, 4) is 0 Å². The van der Waals surface area contributed by atoms with E-state index in [9.17, 15) is 4.79 Å². The van der Waals surface area contributed by atoms with Gasteiger partial charge in [-0.05, 0) is 45.7 Å². The first-order valence-corrected chi connectivity index (χ1v) is 7.69. The number of carbonyl (C=O) groups is 1. The zero-order valence-corrected chi connectivity index (χ0v) is 12.3. The Balaban J connectivity index is 1.77. The molecule has 2 aliphatic rings. The smallest absolute Gasteiger partial charge is 0.276 e. The number of rotatable bonds is 3. The molecule has 0 spiro atoms. The van der Waals surface area contributed by atoms with E-state index in [0.29, 0.717) is 23.5 Å². The minimum atomic E-state index is 0.0345. The Morgan fingerprint density at radius 1 is 1.35 bits per heavy atom. The molecule has 0 saturated carbocycles. The number of likely N-dealkylation sites (tertiary alicyclic amines) is 2. The highest BCUT2D eigenvalue weighted by molar-refractivity contribution is 5.92. The number of likely N-dealkylation sites (N-methyl/N-ethyl adjacent to an activating group) is 1. The van der Waals surface area contributed by atoms with Crippen LogP contribution in [0.2, 0.25) is 0 Å². The van der Waals surface area contributed by atoms with Crippen LogP contribution in [0.15, 0.2) is 10.6 Å². The van der Waals surface area contributed by atoms with Gasteiger partial charge in [0.1, 0.15) is 5.76 Å². The Hall–Kier alpha value is -1.36. The van der Waals surface area contributed by atoms with Crippen molar-refractivity contribution in [2.75, 3.05) is 19.6 Å². The number of hydrogen-bond donors (Lipinski definition) is 0. The second kappa shape index (κ2) is 5.56. The van der Waals surface area contributed by atoms with Gasteiger partial charge >= 0.3 is 0 Å². The summed E-state index contributed by atoms with van der Waals surface area (Å²) in [7, 11) is 0. The van der Waals surface area contributed by atoms with Crippen LogP contribution >= 0.6 is 0 Å². The van der Waals surface area contributed by atoms with Crippen molar-refractivity contribution in [2.45, 2.75) is 51.6 Å². The largest absolute Gasteiger partial charge is 0.361 e. The maximum atomic E-state index is 12.6. The molecule has 2 aliphatic heterocycles. The predicted octanol–water partition coefficient (Wildman–Crippen LogP) is 2.07. The van der Waals surface area contributed by atoms with Gasteiger partial charge in [-0.15, -0.1) is 0 Å². The van der Waals surface area contributed by atoms with Gasteiger partial charge in [0.05, 0.1) is 0 Å². The first kappa shape index (κ1) is 13.6. The van der Waals surface area contributed by atoms with Gasteiger partial charge in [0.2, 0.25) is 0 Å². The number of carbonyl (C=O) groups excluding carboxylic acids is 1. The molecule has 2 fully saturated rings. The molecule has 110 valence electrons.